The van der Waals surface area contributed by atoms with Crippen molar-refractivity contribution in [2.75, 3.05) is 0 Å². The molecule has 0 aliphatic carbocycles. The molecule has 0 aliphatic heterocycles. The maximum atomic E-state index is 5.27. The smallest absolute Gasteiger partial charge is 0.160 e. The molecule has 0 saturated carbocycles. The predicted octanol–water partition coefficient (Wildman–Crippen LogP) is 14.0. The van der Waals surface area contributed by atoms with Crippen LogP contribution in [0.4, 0.5) is 0 Å². The fourth-order valence-electron chi connectivity index (χ4n) is 8.00. The molecule has 0 N–H and O–H groups in total. The summed E-state index contributed by atoms with van der Waals surface area (Å²) in [5.74, 6) is 0.725. The van der Waals surface area contributed by atoms with Crippen molar-refractivity contribution in [3.63, 3.8) is 0 Å². The van der Waals surface area contributed by atoms with Crippen molar-refractivity contribution in [1.82, 2.24) is 15.0 Å². The van der Waals surface area contributed by atoms with Gasteiger partial charge in [-0.05, 0) is 61.7 Å². The Morgan fingerprint density at radius 3 is 1.75 bits per heavy atom. The summed E-state index contributed by atoms with van der Waals surface area (Å²) in [5.41, 5.74) is 12.1. The van der Waals surface area contributed by atoms with E-state index in [1.54, 1.807) is 11.3 Å². The number of fused-ring (bicyclic) bond motifs is 7. The number of rotatable bonds is 5. The monoisotopic (exact) mass is 717 g/mol. The van der Waals surface area contributed by atoms with E-state index < -0.39 is 0 Å². The Bertz CT molecular complexity index is 3240. The summed E-state index contributed by atoms with van der Waals surface area (Å²) >= 11 is 1.76. The Morgan fingerprint density at radius 2 is 0.964 bits per heavy atom. The summed E-state index contributed by atoms with van der Waals surface area (Å²) in [4.78, 5) is 15.3. The van der Waals surface area contributed by atoms with E-state index in [-0.39, 0.29) is 0 Å². The van der Waals surface area contributed by atoms with Crippen LogP contribution in [0.5, 0.6) is 0 Å². The number of thiophene rings is 1. The van der Waals surface area contributed by atoms with E-state index in [2.05, 4.69) is 182 Å². The van der Waals surface area contributed by atoms with Crippen molar-refractivity contribution >= 4 is 64.1 Å². The largest absolute Gasteiger partial charge is 0.256 e. The predicted molar refractivity (Wildman–Crippen MR) is 232 cm³/mol. The zero-order chi connectivity index (χ0) is 36.3. The first-order valence-corrected chi connectivity index (χ1v) is 19.3. The van der Waals surface area contributed by atoms with Crippen LogP contribution in [-0.2, 0) is 0 Å². The Morgan fingerprint density at radius 1 is 0.382 bits per heavy atom. The molecule has 11 aromatic rings. The van der Waals surface area contributed by atoms with Crippen LogP contribution in [0, 0.1) is 0 Å². The van der Waals surface area contributed by atoms with Crippen molar-refractivity contribution in [2.45, 2.75) is 0 Å². The second-order valence-electron chi connectivity index (χ2n) is 14.0. The molecule has 0 aliphatic rings. The van der Waals surface area contributed by atoms with Gasteiger partial charge in [0.25, 0.3) is 0 Å². The molecule has 0 spiro atoms. The lowest BCUT2D eigenvalue weighted by Gasteiger charge is -2.13. The first-order valence-electron chi connectivity index (χ1n) is 18.5. The Kier molecular flexibility index (Phi) is 7.35. The van der Waals surface area contributed by atoms with Crippen LogP contribution < -0.4 is 0 Å². The van der Waals surface area contributed by atoms with Gasteiger partial charge in [-0.25, -0.2) is 9.97 Å². The Labute approximate surface area is 321 Å². The van der Waals surface area contributed by atoms with Gasteiger partial charge in [-0.3, -0.25) is 4.98 Å². The van der Waals surface area contributed by atoms with Crippen LogP contribution in [0.15, 0.2) is 188 Å². The van der Waals surface area contributed by atoms with E-state index in [4.69, 9.17) is 15.0 Å². The SMILES string of the molecule is c1ccc(-c2ccc(-c3nc(-c4ccc(-c5ccc(-c6ccc7c(c6)ncc6ccccc67)c6ccccc56)cc4)nc4c3sc3ccccc34)cc2)cc1. The van der Waals surface area contributed by atoms with Gasteiger partial charge in [0.2, 0.25) is 0 Å². The number of hydrogen-bond donors (Lipinski definition) is 0. The summed E-state index contributed by atoms with van der Waals surface area (Å²) in [7, 11) is 0. The molecule has 0 fully saturated rings. The third-order valence-corrected chi connectivity index (χ3v) is 11.9. The molecule has 3 aromatic heterocycles. The number of hydrogen-bond acceptors (Lipinski definition) is 4. The lowest BCUT2D eigenvalue weighted by atomic mass is 9.91. The van der Waals surface area contributed by atoms with Crippen molar-refractivity contribution in [1.29, 1.82) is 0 Å². The van der Waals surface area contributed by atoms with Gasteiger partial charge < -0.3 is 0 Å². The van der Waals surface area contributed by atoms with Gasteiger partial charge in [0.05, 0.1) is 21.4 Å². The highest BCUT2D eigenvalue weighted by molar-refractivity contribution is 7.26. The second-order valence-corrected chi connectivity index (χ2v) is 15.0. The van der Waals surface area contributed by atoms with E-state index in [0.717, 1.165) is 60.3 Å². The highest BCUT2D eigenvalue weighted by Crippen LogP contribution is 2.41. The topological polar surface area (TPSA) is 38.7 Å². The average Bonchev–Trinajstić information content (AvgIpc) is 3.65. The van der Waals surface area contributed by atoms with Gasteiger partial charge in [0, 0.05) is 38.2 Å². The zero-order valence-electron chi connectivity index (χ0n) is 29.6. The molecule has 3 nitrogen and oxygen atoms in total. The molecule has 11 rings (SSSR count). The normalized spacial score (nSPS) is 11.6. The quantitative estimate of drug-likeness (QED) is 0.166. The fraction of sp³-hybridized carbons (Fsp3) is 0. The molecular formula is C51H31N3S. The highest BCUT2D eigenvalue weighted by atomic mass is 32.1. The van der Waals surface area contributed by atoms with E-state index in [1.807, 2.05) is 6.20 Å². The molecule has 0 amide bonds. The van der Waals surface area contributed by atoms with E-state index in [9.17, 15) is 0 Å². The molecule has 4 heteroatoms. The molecule has 0 unspecified atom stereocenters. The van der Waals surface area contributed by atoms with Gasteiger partial charge in [-0.2, -0.15) is 0 Å². The third-order valence-electron chi connectivity index (χ3n) is 10.8. The first-order chi connectivity index (χ1) is 27.2. The zero-order valence-corrected chi connectivity index (χ0v) is 30.5. The number of nitrogens with zero attached hydrogens (tertiary/aromatic N) is 3. The molecule has 0 radical (unpaired) electrons. The van der Waals surface area contributed by atoms with Crippen LogP contribution in [0.3, 0.4) is 0 Å². The summed E-state index contributed by atoms with van der Waals surface area (Å²) in [6.45, 7) is 0. The Hall–Kier alpha value is -7.01. The minimum Gasteiger partial charge on any atom is -0.256 e. The highest BCUT2D eigenvalue weighted by Gasteiger charge is 2.17. The second kappa shape index (κ2) is 12.8. The number of aromatic nitrogens is 3. The maximum absolute atomic E-state index is 5.27. The molecule has 8 aromatic carbocycles. The Balaban J connectivity index is 0.986. The van der Waals surface area contributed by atoms with Gasteiger partial charge in [0.15, 0.2) is 5.82 Å². The molecule has 55 heavy (non-hydrogen) atoms. The lowest BCUT2D eigenvalue weighted by molar-refractivity contribution is 1.24. The van der Waals surface area contributed by atoms with Crippen LogP contribution in [-0.4, -0.2) is 15.0 Å². The number of benzene rings is 8. The summed E-state index contributed by atoms with van der Waals surface area (Å²) in [5, 5.41) is 7.14. The standard InChI is InChI=1S/C51H31N3S/c1-2-10-32(11-3-1)33-18-22-35(23-19-33)48-50-49(45-16-8-9-17-47(45)55-50)54-51(53-48)36-24-20-34(21-25-36)40-28-29-41(43-15-7-6-14-42(40)43)37-26-27-44-39-13-5-4-12-38(39)31-52-46(44)30-37/h1-31H. The van der Waals surface area contributed by atoms with Gasteiger partial charge in [-0.15, -0.1) is 11.3 Å². The average molecular weight is 718 g/mol. The fourth-order valence-corrected chi connectivity index (χ4v) is 9.15. The molecular weight excluding hydrogens is 687 g/mol. The molecule has 256 valence electrons. The molecule has 0 saturated heterocycles. The lowest BCUT2D eigenvalue weighted by Crippen LogP contribution is -1.94. The first kappa shape index (κ1) is 31.5. The maximum Gasteiger partial charge on any atom is 0.160 e. The van der Waals surface area contributed by atoms with E-state index >= 15 is 0 Å². The summed E-state index contributed by atoms with van der Waals surface area (Å²) in [6, 6.07) is 64.8. The van der Waals surface area contributed by atoms with Crippen LogP contribution in [0.1, 0.15) is 0 Å². The molecule has 0 atom stereocenters. The van der Waals surface area contributed by atoms with Gasteiger partial charge in [-0.1, -0.05) is 170 Å². The van der Waals surface area contributed by atoms with E-state index in [1.165, 1.54) is 48.5 Å². The summed E-state index contributed by atoms with van der Waals surface area (Å²) < 4.78 is 2.32. The van der Waals surface area contributed by atoms with Crippen molar-refractivity contribution in [3.05, 3.63) is 188 Å². The van der Waals surface area contributed by atoms with E-state index in [0.29, 0.717) is 0 Å². The van der Waals surface area contributed by atoms with Crippen LogP contribution in [0.25, 0.3) is 109 Å². The minimum absolute atomic E-state index is 0.725. The van der Waals surface area contributed by atoms with Gasteiger partial charge >= 0.3 is 0 Å². The number of pyridine rings is 1. The van der Waals surface area contributed by atoms with Crippen molar-refractivity contribution in [2.24, 2.45) is 0 Å². The van der Waals surface area contributed by atoms with Crippen molar-refractivity contribution < 1.29 is 0 Å². The van der Waals surface area contributed by atoms with Crippen molar-refractivity contribution in [3.8, 4) is 56.0 Å². The summed E-state index contributed by atoms with van der Waals surface area (Å²) in [6.07, 6.45) is 1.97. The molecule has 3 heterocycles. The minimum atomic E-state index is 0.725. The van der Waals surface area contributed by atoms with Crippen LogP contribution >= 0.6 is 11.3 Å². The van der Waals surface area contributed by atoms with Crippen LogP contribution in [0.2, 0.25) is 0 Å². The van der Waals surface area contributed by atoms with Gasteiger partial charge in [0.1, 0.15) is 0 Å². The molecule has 0 bridgehead atoms. The third kappa shape index (κ3) is 5.38.